The molecular formula is C23H26N6S. The van der Waals surface area contributed by atoms with Crippen LogP contribution in [0.15, 0.2) is 66.0 Å². The molecule has 0 radical (unpaired) electrons. The van der Waals surface area contributed by atoms with Crippen LogP contribution in [0.3, 0.4) is 0 Å². The molecule has 0 aliphatic rings. The standard InChI is InChI=1S/C23H26N6S/c1-18(2)10-19-11-24-23(25-12-19)28(9-8-21-16-30-17-26-21)14-20-13-27-29(15-20)22-6-4-3-5-7-22/h3-7,11-13,15-18H,8-10,14H2,1-2H3. The summed E-state index contributed by atoms with van der Waals surface area (Å²) in [5.74, 6) is 1.33. The predicted molar refractivity (Wildman–Crippen MR) is 121 cm³/mol. The monoisotopic (exact) mass is 418 g/mol. The van der Waals surface area contributed by atoms with Gasteiger partial charge in [-0.3, -0.25) is 0 Å². The van der Waals surface area contributed by atoms with Crippen LogP contribution < -0.4 is 4.90 Å². The third-order valence-corrected chi connectivity index (χ3v) is 5.41. The molecule has 0 aliphatic heterocycles. The van der Waals surface area contributed by atoms with Gasteiger partial charge in [0.15, 0.2) is 0 Å². The molecule has 3 heterocycles. The van der Waals surface area contributed by atoms with Crippen molar-refractivity contribution in [1.82, 2.24) is 24.7 Å². The zero-order chi connectivity index (χ0) is 20.8. The Morgan fingerprint density at radius 3 is 2.50 bits per heavy atom. The minimum atomic E-state index is 0.587. The van der Waals surface area contributed by atoms with Crippen molar-refractivity contribution in [3.05, 3.63) is 82.8 Å². The van der Waals surface area contributed by atoms with E-state index in [2.05, 4.69) is 50.4 Å². The van der Waals surface area contributed by atoms with E-state index in [0.29, 0.717) is 12.5 Å². The third kappa shape index (κ3) is 5.30. The molecule has 30 heavy (non-hydrogen) atoms. The molecule has 0 bridgehead atoms. The fourth-order valence-corrected chi connectivity index (χ4v) is 3.93. The molecule has 6 nitrogen and oxygen atoms in total. The Morgan fingerprint density at radius 1 is 1.00 bits per heavy atom. The second-order valence-corrected chi connectivity index (χ2v) is 8.49. The summed E-state index contributed by atoms with van der Waals surface area (Å²) in [6.45, 7) is 5.90. The summed E-state index contributed by atoms with van der Waals surface area (Å²) in [4.78, 5) is 15.9. The number of rotatable bonds is 9. The maximum Gasteiger partial charge on any atom is 0.225 e. The van der Waals surface area contributed by atoms with E-state index >= 15 is 0 Å². The first-order chi connectivity index (χ1) is 14.7. The smallest absolute Gasteiger partial charge is 0.225 e. The van der Waals surface area contributed by atoms with E-state index in [1.54, 1.807) is 11.3 Å². The molecule has 0 aliphatic carbocycles. The van der Waals surface area contributed by atoms with Crippen LogP contribution in [0, 0.1) is 5.92 Å². The molecule has 7 heteroatoms. The number of hydrogen-bond acceptors (Lipinski definition) is 6. The number of hydrogen-bond donors (Lipinski definition) is 0. The summed E-state index contributed by atoms with van der Waals surface area (Å²) in [6.07, 6.45) is 9.72. The highest BCUT2D eigenvalue weighted by Crippen LogP contribution is 2.16. The van der Waals surface area contributed by atoms with Gasteiger partial charge in [-0.15, -0.1) is 11.3 Å². The molecule has 1 aromatic carbocycles. The molecule has 0 saturated carbocycles. The second kappa shape index (κ2) is 9.63. The average Bonchev–Trinajstić information content (AvgIpc) is 3.44. The van der Waals surface area contributed by atoms with Crippen LogP contribution in [0.4, 0.5) is 5.95 Å². The summed E-state index contributed by atoms with van der Waals surface area (Å²) in [6, 6.07) is 10.1. The number of anilines is 1. The average molecular weight is 419 g/mol. The zero-order valence-electron chi connectivity index (χ0n) is 17.3. The van der Waals surface area contributed by atoms with E-state index in [-0.39, 0.29) is 0 Å². The Bertz CT molecular complexity index is 1030. The molecule has 0 spiro atoms. The van der Waals surface area contributed by atoms with E-state index in [9.17, 15) is 0 Å². The van der Waals surface area contributed by atoms with Crippen LogP contribution >= 0.6 is 11.3 Å². The molecule has 0 saturated heterocycles. The summed E-state index contributed by atoms with van der Waals surface area (Å²) in [5, 5.41) is 6.62. The lowest BCUT2D eigenvalue weighted by Gasteiger charge is -2.22. The molecule has 0 fully saturated rings. The normalized spacial score (nSPS) is 11.2. The van der Waals surface area contributed by atoms with Gasteiger partial charge in [-0.2, -0.15) is 5.10 Å². The minimum absolute atomic E-state index is 0.587. The Labute approximate surface area is 181 Å². The van der Waals surface area contributed by atoms with Gasteiger partial charge in [0.25, 0.3) is 0 Å². The van der Waals surface area contributed by atoms with E-state index in [0.717, 1.165) is 42.3 Å². The number of benzene rings is 1. The summed E-state index contributed by atoms with van der Waals surface area (Å²) < 4.78 is 1.90. The van der Waals surface area contributed by atoms with Crippen LogP contribution in [0.25, 0.3) is 5.69 Å². The lowest BCUT2D eigenvalue weighted by atomic mass is 10.1. The van der Waals surface area contributed by atoms with Crippen molar-refractivity contribution in [2.45, 2.75) is 33.2 Å². The summed E-state index contributed by atoms with van der Waals surface area (Å²) >= 11 is 1.63. The van der Waals surface area contributed by atoms with Gasteiger partial charge in [-0.05, 0) is 30.0 Å². The second-order valence-electron chi connectivity index (χ2n) is 7.77. The predicted octanol–water partition coefficient (Wildman–Crippen LogP) is 4.57. The van der Waals surface area contributed by atoms with Gasteiger partial charge >= 0.3 is 0 Å². The van der Waals surface area contributed by atoms with E-state index < -0.39 is 0 Å². The van der Waals surface area contributed by atoms with E-state index in [4.69, 9.17) is 0 Å². The molecule has 0 unspecified atom stereocenters. The minimum Gasteiger partial charge on any atom is -0.336 e. The molecule has 0 N–H and O–H groups in total. The fourth-order valence-electron chi connectivity index (χ4n) is 3.33. The van der Waals surface area contributed by atoms with Gasteiger partial charge in [-0.1, -0.05) is 32.0 Å². The van der Waals surface area contributed by atoms with E-state index in [1.807, 2.05) is 59.1 Å². The van der Waals surface area contributed by atoms with E-state index in [1.165, 1.54) is 5.56 Å². The fraction of sp³-hybridized carbons (Fsp3) is 0.304. The quantitative estimate of drug-likeness (QED) is 0.399. The van der Waals surface area contributed by atoms with Crippen molar-refractivity contribution in [3.63, 3.8) is 0 Å². The lowest BCUT2D eigenvalue weighted by molar-refractivity contribution is 0.642. The zero-order valence-corrected chi connectivity index (χ0v) is 18.2. The number of aromatic nitrogens is 5. The highest BCUT2D eigenvalue weighted by atomic mass is 32.1. The van der Waals surface area contributed by atoms with Crippen molar-refractivity contribution in [3.8, 4) is 5.69 Å². The van der Waals surface area contributed by atoms with Gasteiger partial charge < -0.3 is 4.90 Å². The van der Waals surface area contributed by atoms with Crippen LogP contribution in [0.5, 0.6) is 0 Å². The summed E-state index contributed by atoms with van der Waals surface area (Å²) in [5.41, 5.74) is 6.31. The Hall–Kier alpha value is -3.06. The highest BCUT2D eigenvalue weighted by Gasteiger charge is 2.13. The van der Waals surface area contributed by atoms with Crippen LogP contribution in [0.1, 0.15) is 30.7 Å². The first-order valence-electron chi connectivity index (χ1n) is 10.2. The molecule has 3 aromatic heterocycles. The van der Waals surface area contributed by atoms with Gasteiger partial charge in [0.1, 0.15) is 0 Å². The largest absolute Gasteiger partial charge is 0.336 e. The molecule has 4 rings (SSSR count). The summed E-state index contributed by atoms with van der Waals surface area (Å²) in [7, 11) is 0. The first kappa shape index (κ1) is 20.2. The molecule has 154 valence electrons. The Kier molecular flexibility index (Phi) is 6.49. The molecule has 4 aromatic rings. The van der Waals surface area contributed by atoms with Crippen LogP contribution in [0.2, 0.25) is 0 Å². The first-order valence-corrected chi connectivity index (χ1v) is 11.1. The maximum atomic E-state index is 4.66. The SMILES string of the molecule is CC(C)Cc1cnc(N(CCc2cscn2)Cc2cnn(-c3ccccc3)c2)nc1. The van der Waals surface area contributed by atoms with Gasteiger partial charge in [0, 0.05) is 49.0 Å². The number of thiazole rings is 1. The van der Waals surface area contributed by atoms with Crippen molar-refractivity contribution in [2.24, 2.45) is 5.92 Å². The molecular weight excluding hydrogens is 392 g/mol. The van der Waals surface area contributed by atoms with Crippen molar-refractivity contribution >= 4 is 17.3 Å². The Morgan fingerprint density at radius 2 is 1.80 bits per heavy atom. The Balaban J connectivity index is 1.52. The molecule has 0 atom stereocenters. The maximum absolute atomic E-state index is 4.66. The lowest BCUT2D eigenvalue weighted by Crippen LogP contribution is -2.27. The van der Waals surface area contributed by atoms with Gasteiger partial charge in [0.2, 0.25) is 5.95 Å². The van der Waals surface area contributed by atoms with Crippen LogP contribution in [-0.4, -0.2) is 31.3 Å². The van der Waals surface area contributed by atoms with Crippen LogP contribution in [-0.2, 0) is 19.4 Å². The van der Waals surface area contributed by atoms with Gasteiger partial charge in [0.05, 0.1) is 23.1 Å². The third-order valence-electron chi connectivity index (χ3n) is 4.77. The highest BCUT2D eigenvalue weighted by molar-refractivity contribution is 7.07. The molecule has 0 amide bonds. The van der Waals surface area contributed by atoms with Gasteiger partial charge in [-0.25, -0.2) is 19.6 Å². The topological polar surface area (TPSA) is 59.7 Å². The number of para-hydroxylation sites is 1. The number of nitrogens with zero attached hydrogens (tertiary/aromatic N) is 6. The van der Waals surface area contributed by atoms with Crippen molar-refractivity contribution in [2.75, 3.05) is 11.4 Å². The van der Waals surface area contributed by atoms with Crippen molar-refractivity contribution < 1.29 is 0 Å². The van der Waals surface area contributed by atoms with Crippen molar-refractivity contribution in [1.29, 1.82) is 0 Å².